The number of hydrogen-bond donors (Lipinski definition) is 3. The molecule has 1 aromatic rings. The Morgan fingerprint density at radius 1 is 1.39 bits per heavy atom. The first kappa shape index (κ1) is 14.4. The second-order valence-corrected chi connectivity index (χ2v) is 4.87. The topological polar surface area (TPSA) is 67.2 Å². The van der Waals surface area contributed by atoms with Crippen molar-refractivity contribution in [3.05, 3.63) is 24.3 Å². The van der Waals surface area contributed by atoms with Gasteiger partial charge in [-0.2, -0.15) is 0 Å². The predicted octanol–water partition coefficient (Wildman–Crippen LogP) is 3.22. The first-order valence-electron chi connectivity index (χ1n) is 6.44. The molecule has 2 amide bonds. The summed E-state index contributed by atoms with van der Waals surface area (Å²) in [5.74, 6) is 0.618. The smallest absolute Gasteiger partial charge is 0.319 e. The fraction of sp³-hybridized carbons (Fsp3) is 0.500. The molecule has 0 aliphatic rings. The molecule has 0 radical (unpaired) electrons. The third-order valence-corrected chi connectivity index (χ3v) is 2.97. The number of benzene rings is 1. The van der Waals surface area contributed by atoms with E-state index in [0.29, 0.717) is 17.3 Å². The summed E-state index contributed by atoms with van der Waals surface area (Å²) in [6.07, 6.45) is 2.11. The highest BCUT2D eigenvalue weighted by Gasteiger charge is 2.10. The quantitative estimate of drug-likeness (QED) is 0.701. The highest BCUT2D eigenvalue weighted by molar-refractivity contribution is 5.89. The van der Waals surface area contributed by atoms with Gasteiger partial charge in [0.25, 0.3) is 0 Å². The van der Waals surface area contributed by atoms with Crippen LogP contribution in [0.5, 0.6) is 0 Å². The zero-order valence-electron chi connectivity index (χ0n) is 11.4. The van der Waals surface area contributed by atoms with Gasteiger partial charge >= 0.3 is 6.03 Å². The van der Waals surface area contributed by atoms with Crippen molar-refractivity contribution in [1.82, 2.24) is 5.32 Å². The average Bonchev–Trinajstić information content (AvgIpc) is 2.28. The Balaban J connectivity index is 2.42. The highest BCUT2D eigenvalue weighted by atomic mass is 16.2. The summed E-state index contributed by atoms with van der Waals surface area (Å²) in [7, 11) is 0. The van der Waals surface area contributed by atoms with E-state index in [1.807, 2.05) is 19.1 Å². The maximum absolute atomic E-state index is 11.7. The van der Waals surface area contributed by atoms with Crippen molar-refractivity contribution >= 4 is 17.4 Å². The predicted molar refractivity (Wildman–Crippen MR) is 76.5 cm³/mol. The highest BCUT2D eigenvalue weighted by Crippen LogP contribution is 2.12. The van der Waals surface area contributed by atoms with Crippen molar-refractivity contribution in [1.29, 1.82) is 0 Å². The molecule has 0 heterocycles. The number of hydrogen-bond acceptors (Lipinski definition) is 2. The van der Waals surface area contributed by atoms with Crippen molar-refractivity contribution in [3.63, 3.8) is 0 Å². The van der Waals surface area contributed by atoms with E-state index in [9.17, 15) is 4.79 Å². The van der Waals surface area contributed by atoms with Gasteiger partial charge in [0.1, 0.15) is 0 Å². The summed E-state index contributed by atoms with van der Waals surface area (Å²) < 4.78 is 0. The van der Waals surface area contributed by atoms with Crippen LogP contribution in [0.15, 0.2) is 24.3 Å². The van der Waals surface area contributed by atoms with Crippen LogP contribution in [0.25, 0.3) is 0 Å². The zero-order valence-corrected chi connectivity index (χ0v) is 11.4. The third kappa shape index (κ3) is 5.08. The van der Waals surface area contributed by atoms with Crippen molar-refractivity contribution in [3.8, 4) is 0 Å². The van der Waals surface area contributed by atoms with E-state index in [-0.39, 0.29) is 12.1 Å². The first-order valence-corrected chi connectivity index (χ1v) is 6.44. The maximum atomic E-state index is 11.7. The van der Waals surface area contributed by atoms with Crippen LogP contribution < -0.4 is 16.4 Å². The molecule has 1 aromatic carbocycles. The number of urea groups is 1. The second kappa shape index (κ2) is 6.89. The molecular formula is C14H23N3O. The van der Waals surface area contributed by atoms with Crippen LogP contribution >= 0.6 is 0 Å². The molecule has 0 saturated carbocycles. The van der Waals surface area contributed by atoms with Gasteiger partial charge in [-0.05, 0) is 37.5 Å². The van der Waals surface area contributed by atoms with Crippen LogP contribution in [0, 0.1) is 5.92 Å². The van der Waals surface area contributed by atoms with Gasteiger partial charge in [-0.15, -0.1) is 0 Å². The monoisotopic (exact) mass is 249 g/mol. The molecule has 0 aliphatic carbocycles. The summed E-state index contributed by atoms with van der Waals surface area (Å²) in [5, 5.41) is 5.70. The molecule has 18 heavy (non-hydrogen) atoms. The summed E-state index contributed by atoms with van der Waals surface area (Å²) in [4.78, 5) is 11.7. The van der Waals surface area contributed by atoms with Gasteiger partial charge in [0.2, 0.25) is 0 Å². The zero-order chi connectivity index (χ0) is 13.5. The van der Waals surface area contributed by atoms with Gasteiger partial charge < -0.3 is 16.4 Å². The first-order chi connectivity index (χ1) is 8.51. The van der Waals surface area contributed by atoms with Gasteiger partial charge in [0, 0.05) is 17.4 Å². The van der Waals surface area contributed by atoms with Gasteiger partial charge in [0.15, 0.2) is 0 Å². The minimum Gasteiger partial charge on any atom is -0.399 e. The van der Waals surface area contributed by atoms with Crippen LogP contribution in [-0.2, 0) is 0 Å². The molecule has 2 unspecified atom stereocenters. The molecule has 100 valence electrons. The number of nitrogen functional groups attached to an aromatic ring is 1. The average molecular weight is 249 g/mol. The van der Waals surface area contributed by atoms with Crippen molar-refractivity contribution in [2.45, 2.75) is 39.7 Å². The fourth-order valence-corrected chi connectivity index (χ4v) is 1.84. The lowest BCUT2D eigenvalue weighted by molar-refractivity contribution is 0.247. The Hall–Kier alpha value is -1.71. The van der Waals surface area contributed by atoms with E-state index < -0.39 is 0 Å². The lowest BCUT2D eigenvalue weighted by Crippen LogP contribution is -2.36. The number of carbonyl (C=O) groups excluding carboxylic acids is 1. The number of amides is 2. The number of nitrogens with one attached hydrogen (secondary N) is 2. The van der Waals surface area contributed by atoms with Crippen molar-refractivity contribution < 1.29 is 4.79 Å². The van der Waals surface area contributed by atoms with Crippen LogP contribution in [0.2, 0.25) is 0 Å². The lowest BCUT2D eigenvalue weighted by Gasteiger charge is -2.18. The Labute approximate surface area is 109 Å². The second-order valence-electron chi connectivity index (χ2n) is 4.87. The van der Waals surface area contributed by atoms with Gasteiger partial charge in [-0.25, -0.2) is 4.79 Å². The van der Waals surface area contributed by atoms with E-state index in [1.54, 1.807) is 12.1 Å². The van der Waals surface area contributed by atoms with E-state index in [4.69, 9.17) is 5.73 Å². The van der Waals surface area contributed by atoms with E-state index >= 15 is 0 Å². The van der Waals surface area contributed by atoms with Crippen molar-refractivity contribution in [2.24, 2.45) is 5.92 Å². The number of nitrogens with two attached hydrogens (primary N) is 1. The molecule has 1 rings (SSSR count). The molecule has 0 spiro atoms. The Kier molecular flexibility index (Phi) is 5.49. The molecule has 0 saturated heterocycles. The van der Waals surface area contributed by atoms with Gasteiger partial charge in [0.05, 0.1) is 0 Å². The Morgan fingerprint density at radius 3 is 2.72 bits per heavy atom. The molecule has 4 heteroatoms. The third-order valence-electron chi connectivity index (χ3n) is 2.97. The molecule has 0 aromatic heterocycles. The molecule has 0 aliphatic heterocycles. The summed E-state index contributed by atoms with van der Waals surface area (Å²) in [6.45, 7) is 6.36. The number of rotatable bonds is 5. The van der Waals surface area contributed by atoms with Gasteiger partial charge in [-0.3, -0.25) is 0 Å². The van der Waals surface area contributed by atoms with Gasteiger partial charge in [-0.1, -0.05) is 26.3 Å². The van der Waals surface area contributed by atoms with Crippen LogP contribution in [-0.4, -0.2) is 12.1 Å². The molecule has 4 N–H and O–H groups in total. The molecule has 2 atom stereocenters. The maximum Gasteiger partial charge on any atom is 0.319 e. The minimum absolute atomic E-state index is 0.168. The fourth-order valence-electron chi connectivity index (χ4n) is 1.84. The normalized spacial score (nSPS) is 13.7. The van der Waals surface area contributed by atoms with E-state index in [0.717, 1.165) is 12.8 Å². The lowest BCUT2D eigenvalue weighted by atomic mass is 10.0. The number of anilines is 2. The van der Waals surface area contributed by atoms with E-state index in [2.05, 4.69) is 24.5 Å². The summed E-state index contributed by atoms with van der Waals surface area (Å²) in [5.41, 5.74) is 7.00. The Morgan fingerprint density at radius 2 is 2.11 bits per heavy atom. The standard InChI is InChI=1S/C14H23N3O/c1-4-10(2)8-11(3)16-14(18)17-13-7-5-6-12(15)9-13/h5-7,9-11H,4,8,15H2,1-3H3,(H2,16,17,18). The number of carbonyl (C=O) groups is 1. The summed E-state index contributed by atoms with van der Waals surface area (Å²) in [6, 6.07) is 7.13. The van der Waals surface area contributed by atoms with Crippen molar-refractivity contribution in [2.75, 3.05) is 11.1 Å². The van der Waals surface area contributed by atoms with E-state index in [1.165, 1.54) is 0 Å². The van der Waals surface area contributed by atoms with Crippen LogP contribution in [0.3, 0.4) is 0 Å². The Bertz CT molecular complexity index is 392. The molecule has 0 bridgehead atoms. The molecule has 4 nitrogen and oxygen atoms in total. The summed E-state index contributed by atoms with van der Waals surface area (Å²) >= 11 is 0. The molecular weight excluding hydrogens is 226 g/mol. The molecule has 0 fully saturated rings. The minimum atomic E-state index is -0.184. The van der Waals surface area contributed by atoms with Crippen LogP contribution in [0.4, 0.5) is 16.2 Å². The van der Waals surface area contributed by atoms with Crippen LogP contribution in [0.1, 0.15) is 33.6 Å². The largest absolute Gasteiger partial charge is 0.399 e. The SMILES string of the molecule is CCC(C)CC(C)NC(=O)Nc1cccc(N)c1.